The van der Waals surface area contributed by atoms with Gasteiger partial charge in [-0.25, -0.2) is 0 Å². The molecule has 0 aliphatic carbocycles. The van der Waals surface area contributed by atoms with Gasteiger partial charge in [0, 0.05) is 21.8 Å². The van der Waals surface area contributed by atoms with Crippen LogP contribution in [-0.2, 0) is 0 Å². The van der Waals surface area contributed by atoms with E-state index in [1.807, 2.05) is 0 Å². The standard InChI is InChI=1S/C24H17N/c1-3-7-17(8-4-1)19-12-14-23-22(15-19)21-13-11-20(16-24(21)25-23)18-9-5-2-6-10-18/h1-16,25H. The number of hydrogen-bond acceptors (Lipinski definition) is 0. The third-order valence-corrected chi connectivity index (χ3v) is 4.81. The van der Waals surface area contributed by atoms with E-state index < -0.39 is 0 Å². The van der Waals surface area contributed by atoms with Crippen molar-refractivity contribution in [3.05, 3.63) is 97.1 Å². The monoisotopic (exact) mass is 319 g/mol. The molecule has 4 aromatic carbocycles. The Bertz CT molecular complexity index is 1170. The van der Waals surface area contributed by atoms with Gasteiger partial charge < -0.3 is 4.98 Å². The summed E-state index contributed by atoms with van der Waals surface area (Å²) in [5, 5.41) is 2.54. The molecule has 0 atom stereocenters. The first-order valence-corrected chi connectivity index (χ1v) is 8.55. The lowest BCUT2D eigenvalue weighted by molar-refractivity contribution is 1.54. The van der Waals surface area contributed by atoms with E-state index >= 15 is 0 Å². The minimum atomic E-state index is 1.18. The Labute approximate surface area is 146 Å². The lowest BCUT2D eigenvalue weighted by Crippen LogP contribution is -1.77. The van der Waals surface area contributed by atoms with Gasteiger partial charge >= 0.3 is 0 Å². The molecule has 5 rings (SSSR count). The van der Waals surface area contributed by atoms with Crippen molar-refractivity contribution in [2.75, 3.05) is 0 Å². The molecule has 0 amide bonds. The second-order valence-electron chi connectivity index (χ2n) is 6.38. The lowest BCUT2D eigenvalue weighted by atomic mass is 10.0. The minimum absolute atomic E-state index is 1.18. The van der Waals surface area contributed by atoms with Crippen molar-refractivity contribution in [3.63, 3.8) is 0 Å². The summed E-state index contributed by atoms with van der Waals surface area (Å²) in [6.45, 7) is 0. The van der Waals surface area contributed by atoms with Gasteiger partial charge in [-0.3, -0.25) is 0 Å². The Hall–Kier alpha value is -3.32. The van der Waals surface area contributed by atoms with Gasteiger partial charge in [0.2, 0.25) is 0 Å². The van der Waals surface area contributed by atoms with E-state index in [2.05, 4.69) is 102 Å². The first-order valence-electron chi connectivity index (χ1n) is 8.55. The smallest absolute Gasteiger partial charge is 0.0471 e. The number of rotatable bonds is 2. The molecule has 0 unspecified atom stereocenters. The summed E-state index contributed by atoms with van der Waals surface area (Å²) in [7, 11) is 0. The van der Waals surface area contributed by atoms with Crippen LogP contribution in [0, 0.1) is 0 Å². The maximum atomic E-state index is 3.57. The van der Waals surface area contributed by atoms with E-state index in [4.69, 9.17) is 0 Å². The summed E-state index contributed by atoms with van der Waals surface area (Å²) in [5.74, 6) is 0. The summed E-state index contributed by atoms with van der Waals surface area (Å²) in [6, 6.07) is 34.4. The Morgan fingerprint density at radius 2 is 1.00 bits per heavy atom. The van der Waals surface area contributed by atoms with Crippen molar-refractivity contribution in [2.45, 2.75) is 0 Å². The van der Waals surface area contributed by atoms with Crippen molar-refractivity contribution in [2.24, 2.45) is 0 Å². The normalized spacial score (nSPS) is 11.2. The Morgan fingerprint density at radius 1 is 0.400 bits per heavy atom. The van der Waals surface area contributed by atoms with Crippen molar-refractivity contribution in [1.82, 2.24) is 4.98 Å². The van der Waals surface area contributed by atoms with Crippen molar-refractivity contribution < 1.29 is 0 Å². The quantitative estimate of drug-likeness (QED) is 0.374. The highest BCUT2D eigenvalue weighted by Crippen LogP contribution is 2.32. The molecule has 0 aliphatic rings. The molecule has 5 aromatic rings. The van der Waals surface area contributed by atoms with Gasteiger partial charge in [-0.2, -0.15) is 0 Å². The van der Waals surface area contributed by atoms with Gasteiger partial charge in [0.25, 0.3) is 0 Å². The third-order valence-electron chi connectivity index (χ3n) is 4.81. The summed E-state index contributed by atoms with van der Waals surface area (Å²) in [5.41, 5.74) is 7.35. The molecule has 0 aliphatic heterocycles. The van der Waals surface area contributed by atoms with E-state index in [-0.39, 0.29) is 0 Å². The predicted octanol–water partition coefficient (Wildman–Crippen LogP) is 6.66. The van der Waals surface area contributed by atoms with Crippen LogP contribution in [0.5, 0.6) is 0 Å². The SMILES string of the molecule is c1ccc(-c2ccc3c(c2)[nH]c2ccc(-c4ccccc4)cc23)cc1. The second kappa shape index (κ2) is 5.64. The zero-order valence-electron chi connectivity index (χ0n) is 13.7. The lowest BCUT2D eigenvalue weighted by Gasteiger charge is -2.02. The molecule has 118 valence electrons. The first kappa shape index (κ1) is 14.1. The molecule has 25 heavy (non-hydrogen) atoms. The minimum Gasteiger partial charge on any atom is -0.354 e. The molecule has 1 aromatic heterocycles. The number of aromatic nitrogens is 1. The zero-order chi connectivity index (χ0) is 16.6. The number of aromatic amines is 1. The molecule has 1 heterocycles. The number of benzene rings is 4. The van der Waals surface area contributed by atoms with Crippen LogP contribution in [0.4, 0.5) is 0 Å². The highest BCUT2D eigenvalue weighted by molar-refractivity contribution is 6.09. The number of hydrogen-bond donors (Lipinski definition) is 1. The van der Waals surface area contributed by atoms with Crippen LogP contribution >= 0.6 is 0 Å². The summed E-state index contributed by atoms with van der Waals surface area (Å²) in [6.07, 6.45) is 0. The summed E-state index contributed by atoms with van der Waals surface area (Å²) < 4.78 is 0. The first-order chi connectivity index (χ1) is 12.4. The van der Waals surface area contributed by atoms with Crippen molar-refractivity contribution in [3.8, 4) is 22.3 Å². The third kappa shape index (κ3) is 2.41. The molecule has 0 fully saturated rings. The molecule has 0 saturated carbocycles. The average molecular weight is 319 g/mol. The topological polar surface area (TPSA) is 15.8 Å². The molecule has 1 heteroatoms. The van der Waals surface area contributed by atoms with Gasteiger partial charge in [0.15, 0.2) is 0 Å². The molecule has 1 N–H and O–H groups in total. The second-order valence-corrected chi connectivity index (χ2v) is 6.38. The predicted molar refractivity (Wildman–Crippen MR) is 107 cm³/mol. The highest BCUT2D eigenvalue weighted by atomic mass is 14.7. The van der Waals surface area contributed by atoms with Gasteiger partial charge in [0.05, 0.1) is 0 Å². The molecular formula is C24H17N. The van der Waals surface area contributed by atoms with E-state index in [0.717, 1.165) is 0 Å². The van der Waals surface area contributed by atoms with Gasteiger partial charge in [0.1, 0.15) is 0 Å². The van der Waals surface area contributed by atoms with Gasteiger partial charge in [-0.05, 0) is 40.5 Å². The molecule has 0 spiro atoms. The number of fused-ring (bicyclic) bond motifs is 3. The van der Waals surface area contributed by atoms with Crippen LogP contribution in [0.2, 0.25) is 0 Å². The molecular weight excluding hydrogens is 302 g/mol. The fraction of sp³-hybridized carbons (Fsp3) is 0. The van der Waals surface area contributed by atoms with E-state index in [1.54, 1.807) is 0 Å². The Morgan fingerprint density at radius 3 is 1.68 bits per heavy atom. The molecule has 0 radical (unpaired) electrons. The zero-order valence-corrected chi connectivity index (χ0v) is 13.7. The van der Waals surface area contributed by atoms with Crippen LogP contribution in [0.25, 0.3) is 44.1 Å². The maximum absolute atomic E-state index is 3.57. The molecule has 1 nitrogen and oxygen atoms in total. The van der Waals surface area contributed by atoms with Gasteiger partial charge in [-0.1, -0.05) is 78.9 Å². The largest absolute Gasteiger partial charge is 0.354 e. The summed E-state index contributed by atoms with van der Waals surface area (Å²) >= 11 is 0. The molecule has 0 saturated heterocycles. The van der Waals surface area contributed by atoms with Gasteiger partial charge in [-0.15, -0.1) is 0 Å². The summed E-state index contributed by atoms with van der Waals surface area (Å²) in [4.78, 5) is 3.57. The Balaban J connectivity index is 1.69. The van der Waals surface area contributed by atoms with Crippen LogP contribution < -0.4 is 0 Å². The number of nitrogens with one attached hydrogen (secondary N) is 1. The highest BCUT2D eigenvalue weighted by Gasteiger charge is 2.07. The average Bonchev–Trinajstić information content (AvgIpc) is 3.06. The maximum Gasteiger partial charge on any atom is 0.0471 e. The fourth-order valence-electron chi connectivity index (χ4n) is 3.52. The van der Waals surface area contributed by atoms with Crippen LogP contribution in [0.1, 0.15) is 0 Å². The van der Waals surface area contributed by atoms with Crippen molar-refractivity contribution >= 4 is 21.8 Å². The van der Waals surface area contributed by atoms with Crippen LogP contribution in [0.3, 0.4) is 0 Å². The number of H-pyrrole nitrogens is 1. The Kier molecular flexibility index (Phi) is 3.17. The van der Waals surface area contributed by atoms with Crippen molar-refractivity contribution in [1.29, 1.82) is 0 Å². The van der Waals surface area contributed by atoms with Crippen LogP contribution in [0.15, 0.2) is 97.1 Å². The van der Waals surface area contributed by atoms with E-state index in [0.29, 0.717) is 0 Å². The van der Waals surface area contributed by atoms with E-state index in [1.165, 1.54) is 44.1 Å². The van der Waals surface area contributed by atoms with E-state index in [9.17, 15) is 0 Å². The molecule has 0 bridgehead atoms. The fourth-order valence-corrected chi connectivity index (χ4v) is 3.52. The van der Waals surface area contributed by atoms with Crippen LogP contribution in [-0.4, -0.2) is 4.98 Å².